The van der Waals surface area contributed by atoms with E-state index in [2.05, 4.69) is 45.8 Å². The highest BCUT2D eigenvalue weighted by Gasteiger charge is 2.08. The Morgan fingerprint density at radius 2 is 1.85 bits per heavy atom. The van der Waals surface area contributed by atoms with Gasteiger partial charge >= 0.3 is 0 Å². The zero-order chi connectivity index (χ0) is 23.0. The molecule has 0 saturated carbocycles. The number of nitrogens with zero attached hydrogens (tertiary/aromatic N) is 3. The molecule has 0 aliphatic heterocycles. The van der Waals surface area contributed by atoms with Crippen molar-refractivity contribution in [3.05, 3.63) is 100 Å². The zero-order valence-electron chi connectivity index (χ0n) is 18.0. The maximum Gasteiger partial charge on any atom is 0.287 e. The van der Waals surface area contributed by atoms with Gasteiger partial charge in [0.1, 0.15) is 18.6 Å². The summed E-state index contributed by atoms with van der Waals surface area (Å²) in [6, 6.07) is 22.9. The molecule has 8 nitrogen and oxygen atoms in total. The molecule has 0 unspecified atom stereocenters. The molecular formula is C25H22N4O4. The van der Waals surface area contributed by atoms with Crippen molar-refractivity contribution < 1.29 is 14.4 Å². The molecule has 0 saturated heterocycles. The lowest BCUT2D eigenvalue weighted by molar-refractivity contribution is -0.385. The van der Waals surface area contributed by atoms with Gasteiger partial charge in [0.15, 0.2) is 11.5 Å². The summed E-state index contributed by atoms with van der Waals surface area (Å²) in [7, 11) is 0. The van der Waals surface area contributed by atoms with Crippen molar-refractivity contribution in [3.8, 4) is 11.5 Å². The SMILES string of the molecule is CCOc1cc(/C=N/Nc2ccc([N+](=O)[O-])cn2)ccc1OCc1ccc2ccccc2c1. The molecule has 166 valence electrons. The summed E-state index contributed by atoms with van der Waals surface area (Å²) in [5.41, 5.74) is 4.54. The van der Waals surface area contributed by atoms with Crippen LogP contribution in [0.3, 0.4) is 0 Å². The molecule has 1 N–H and O–H groups in total. The summed E-state index contributed by atoms with van der Waals surface area (Å²) in [6.07, 6.45) is 2.78. The van der Waals surface area contributed by atoms with Crippen molar-refractivity contribution in [3.63, 3.8) is 0 Å². The molecule has 3 aromatic carbocycles. The topological polar surface area (TPSA) is 98.9 Å². The number of fused-ring (bicyclic) bond motifs is 1. The van der Waals surface area contributed by atoms with Crippen LogP contribution in [0.15, 0.2) is 84.1 Å². The third-order valence-electron chi connectivity index (χ3n) is 4.83. The fourth-order valence-corrected chi connectivity index (χ4v) is 3.22. The number of anilines is 1. The van der Waals surface area contributed by atoms with E-state index in [-0.39, 0.29) is 5.69 Å². The number of hydrogen-bond acceptors (Lipinski definition) is 7. The number of benzene rings is 3. The van der Waals surface area contributed by atoms with Gasteiger partial charge in [0, 0.05) is 6.07 Å². The summed E-state index contributed by atoms with van der Waals surface area (Å²) < 4.78 is 11.8. The number of rotatable bonds is 9. The molecule has 0 bridgehead atoms. The van der Waals surface area contributed by atoms with Crippen LogP contribution in [0, 0.1) is 10.1 Å². The van der Waals surface area contributed by atoms with Crippen molar-refractivity contribution in [2.45, 2.75) is 13.5 Å². The van der Waals surface area contributed by atoms with E-state index in [0.29, 0.717) is 30.5 Å². The Balaban J connectivity index is 1.42. The van der Waals surface area contributed by atoms with E-state index in [4.69, 9.17) is 9.47 Å². The molecule has 0 spiro atoms. The second-order valence-corrected chi connectivity index (χ2v) is 7.14. The maximum absolute atomic E-state index is 10.7. The Morgan fingerprint density at radius 3 is 2.61 bits per heavy atom. The monoisotopic (exact) mass is 442 g/mol. The van der Waals surface area contributed by atoms with Gasteiger partial charge in [-0.1, -0.05) is 36.4 Å². The summed E-state index contributed by atoms with van der Waals surface area (Å²) in [5, 5.41) is 17.2. The van der Waals surface area contributed by atoms with Gasteiger partial charge in [0.2, 0.25) is 0 Å². The lowest BCUT2D eigenvalue weighted by atomic mass is 10.1. The maximum atomic E-state index is 10.7. The molecule has 8 heteroatoms. The van der Waals surface area contributed by atoms with Crippen molar-refractivity contribution in [2.24, 2.45) is 5.10 Å². The van der Waals surface area contributed by atoms with Crippen LogP contribution in [0.1, 0.15) is 18.1 Å². The van der Waals surface area contributed by atoms with Gasteiger partial charge in [-0.2, -0.15) is 5.10 Å². The summed E-state index contributed by atoms with van der Waals surface area (Å²) in [5.74, 6) is 1.67. The lowest BCUT2D eigenvalue weighted by Crippen LogP contribution is -2.01. The van der Waals surface area contributed by atoms with E-state index in [0.717, 1.165) is 11.1 Å². The zero-order valence-corrected chi connectivity index (χ0v) is 18.0. The molecule has 0 atom stereocenters. The summed E-state index contributed by atoms with van der Waals surface area (Å²) in [6.45, 7) is 2.83. The molecule has 0 aliphatic rings. The minimum Gasteiger partial charge on any atom is -0.490 e. The summed E-state index contributed by atoms with van der Waals surface area (Å²) >= 11 is 0. The van der Waals surface area contributed by atoms with Crippen LogP contribution >= 0.6 is 0 Å². The first-order chi connectivity index (χ1) is 16.1. The Morgan fingerprint density at radius 1 is 1.00 bits per heavy atom. The smallest absolute Gasteiger partial charge is 0.287 e. The first kappa shape index (κ1) is 21.8. The average Bonchev–Trinajstić information content (AvgIpc) is 2.84. The van der Waals surface area contributed by atoms with Crippen LogP contribution in [0.5, 0.6) is 11.5 Å². The van der Waals surface area contributed by atoms with Gasteiger partial charge in [-0.05, 0) is 59.2 Å². The van der Waals surface area contributed by atoms with E-state index in [1.165, 1.54) is 29.1 Å². The molecule has 1 aromatic heterocycles. The highest BCUT2D eigenvalue weighted by Crippen LogP contribution is 2.29. The van der Waals surface area contributed by atoms with Crippen LogP contribution in [-0.2, 0) is 6.61 Å². The fraction of sp³-hybridized carbons (Fsp3) is 0.120. The average molecular weight is 442 g/mol. The number of ether oxygens (including phenoxy) is 2. The number of hydrazone groups is 1. The van der Waals surface area contributed by atoms with Crippen molar-refractivity contribution >= 4 is 28.5 Å². The van der Waals surface area contributed by atoms with Gasteiger partial charge in [0.05, 0.1) is 17.7 Å². The fourth-order valence-electron chi connectivity index (χ4n) is 3.22. The van der Waals surface area contributed by atoms with Crippen molar-refractivity contribution in [1.29, 1.82) is 0 Å². The van der Waals surface area contributed by atoms with Gasteiger partial charge in [-0.15, -0.1) is 0 Å². The Labute approximate surface area is 190 Å². The predicted molar refractivity (Wildman–Crippen MR) is 128 cm³/mol. The highest BCUT2D eigenvalue weighted by atomic mass is 16.6. The minimum atomic E-state index is -0.501. The normalized spacial score (nSPS) is 10.9. The molecule has 4 rings (SSSR count). The molecule has 4 aromatic rings. The molecule has 0 aliphatic carbocycles. The minimum absolute atomic E-state index is 0.0786. The molecular weight excluding hydrogens is 420 g/mol. The van der Waals surface area contributed by atoms with E-state index >= 15 is 0 Å². The van der Waals surface area contributed by atoms with Crippen molar-refractivity contribution in [2.75, 3.05) is 12.0 Å². The number of aromatic nitrogens is 1. The van der Waals surface area contributed by atoms with Crippen LogP contribution in [0.25, 0.3) is 10.8 Å². The predicted octanol–water partition coefficient (Wildman–Crippen LogP) is 5.57. The third kappa shape index (κ3) is 5.62. The number of nitro groups is 1. The van der Waals surface area contributed by atoms with Gasteiger partial charge in [-0.25, -0.2) is 4.98 Å². The van der Waals surface area contributed by atoms with Crippen LogP contribution in [0.4, 0.5) is 11.5 Å². The van der Waals surface area contributed by atoms with E-state index < -0.39 is 4.92 Å². The van der Waals surface area contributed by atoms with Crippen LogP contribution in [0.2, 0.25) is 0 Å². The molecule has 1 heterocycles. The van der Waals surface area contributed by atoms with E-state index in [1.54, 1.807) is 6.21 Å². The third-order valence-corrected chi connectivity index (χ3v) is 4.83. The van der Waals surface area contributed by atoms with E-state index in [9.17, 15) is 10.1 Å². The second-order valence-electron chi connectivity index (χ2n) is 7.14. The lowest BCUT2D eigenvalue weighted by Gasteiger charge is -2.13. The first-order valence-electron chi connectivity index (χ1n) is 10.4. The standard InChI is InChI=1S/C25H22N4O4/c1-2-32-24-14-18(15-27-28-25-12-10-22(16-26-25)29(30)31)8-11-23(24)33-17-19-7-9-20-5-3-4-6-21(20)13-19/h3-16H,2,17H2,1H3,(H,26,28)/b27-15+. The Bertz CT molecular complexity index is 1290. The molecule has 0 fully saturated rings. The number of hydrogen-bond donors (Lipinski definition) is 1. The van der Waals surface area contributed by atoms with Gasteiger partial charge in [0.25, 0.3) is 5.69 Å². The van der Waals surface area contributed by atoms with Gasteiger partial charge in [-0.3, -0.25) is 15.5 Å². The first-order valence-corrected chi connectivity index (χ1v) is 10.4. The Hall–Kier alpha value is -4.46. The quantitative estimate of drug-likeness (QED) is 0.207. The largest absolute Gasteiger partial charge is 0.490 e. The van der Waals surface area contributed by atoms with E-state index in [1.807, 2.05) is 37.3 Å². The van der Waals surface area contributed by atoms with Crippen molar-refractivity contribution in [1.82, 2.24) is 4.98 Å². The number of nitrogens with one attached hydrogen (secondary N) is 1. The number of pyridine rings is 1. The highest BCUT2D eigenvalue weighted by molar-refractivity contribution is 5.83. The molecule has 0 radical (unpaired) electrons. The van der Waals surface area contributed by atoms with Gasteiger partial charge < -0.3 is 9.47 Å². The summed E-state index contributed by atoms with van der Waals surface area (Å²) in [4.78, 5) is 14.1. The second kappa shape index (κ2) is 10.2. The molecule has 0 amide bonds. The van der Waals surface area contributed by atoms with Crippen LogP contribution in [-0.4, -0.2) is 22.7 Å². The Kier molecular flexibility index (Phi) is 6.75. The van der Waals surface area contributed by atoms with Crippen LogP contribution < -0.4 is 14.9 Å². The molecule has 33 heavy (non-hydrogen) atoms.